The van der Waals surface area contributed by atoms with Crippen molar-refractivity contribution in [3.63, 3.8) is 0 Å². The molecule has 6 heteroatoms. The van der Waals surface area contributed by atoms with Gasteiger partial charge in [0.2, 0.25) is 0 Å². The summed E-state index contributed by atoms with van der Waals surface area (Å²) in [5, 5.41) is 0. The number of nitrogens with two attached hydrogens (primary N) is 1. The number of methoxy groups -OCH3 is 1. The molecule has 0 saturated carbocycles. The number of fused-ring (bicyclic) bond motifs is 4. The Morgan fingerprint density at radius 2 is 2.27 bits per heavy atom. The third-order valence-electron chi connectivity index (χ3n) is 5.09. The first-order valence-electron chi connectivity index (χ1n) is 7.51. The normalized spacial score (nSPS) is 35.9. The molecule has 1 aromatic carbocycles. The molecule has 2 N–H and O–H groups in total. The first-order valence-corrected chi connectivity index (χ1v) is 7.51. The predicted molar refractivity (Wildman–Crippen MR) is 80.2 cm³/mol. The van der Waals surface area contributed by atoms with Crippen LogP contribution < -0.4 is 15.2 Å². The van der Waals surface area contributed by atoms with Crippen LogP contribution in [0.15, 0.2) is 23.2 Å². The lowest BCUT2D eigenvalue weighted by Gasteiger charge is -2.51. The summed E-state index contributed by atoms with van der Waals surface area (Å²) in [5.74, 6) is 1.64. The molecule has 0 aromatic heterocycles. The smallest absolute Gasteiger partial charge is 0.283 e. The van der Waals surface area contributed by atoms with Crippen LogP contribution in [-0.4, -0.2) is 38.6 Å². The molecule has 3 aliphatic rings. The van der Waals surface area contributed by atoms with Crippen LogP contribution in [0.5, 0.6) is 11.5 Å². The minimum absolute atomic E-state index is 0.0504. The van der Waals surface area contributed by atoms with E-state index in [2.05, 4.69) is 11.9 Å². The highest BCUT2D eigenvalue weighted by Gasteiger charge is 2.59. The molecule has 0 aliphatic carbocycles. The highest BCUT2D eigenvalue weighted by atomic mass is 16.5. The second-order valence-corrected chi connectivity index (χ2v) is 6.32. The van der Waals surface area contributed by atoms with E-state index >= 15 is 0 Å². The Morgan fingerprint density at radius 3 is 3.00 bits per heavy atom. The maximum absolute atomic E-state index is 6.34. The molecule has 0 bridgehead atoms. The van der Waals surface area contributed by atoms with Gasteiger partial charge in [0.1, 0.15) is 29.2 Å². The highest BCUT2D eigenvalue weighted by Crippen LogP contribution is 2.54. The number of nitrogens with zero attached hydrogens (tertiary/aromatic N) is 1. The molecule has 0 amide bonds. The van der Waals surface area contributed by atoms with Gasteiger partial charge < -0.3 is 24.7 Å². The van der Waals surface area contributed by atoms with E-state index in [1.54, 1.807) is 7.11 Å². The monoisotopic (exact) mass is 304 g/mol. The zero-order chi connectivity index (χ0) is 15.4. The summed E-state index contributed by atoms with van der Waals surface area (Å²) in [5.41, 5.74) is 5.90. The van der Waals surface area contributed by atoms with E-state index in [9.17, 15) is 0 Å². The van der Waals surface area contributed by atoms with Crippen LogP contribution >= 0.6 is 0 Å². The van der Waals surface area contributed by atoms with E-state index in [4.69, 9.17) is 24.7 Å². The summed E-state index contributed by atoms with van der Waals surface area (Å²) in [6.45, 7) is 3.80. The molecule has 1 saturated heterocycles. The van der Waals surface area contributed by atoms with Gasteiger partial charge >= 0.3 is 0 Å². The molecule has 3 aliphatic heterocycles. The van der Waals surface area contributed by atoms with Crippen LogP contribution in [0, 0.1) is 5.92 Å². The average molecular weight is 304 g/mol. The molecule has 3 heterocycles. The fraction of sp³-hybridized carbons (Fsp3) is 0.562. The molecule has 1 fully saturated rings. The van der Waals surface area contributed by atoms with Crippen molar-refractivity contribution in [3.8, 4) is 11.5 Å². The maximum Gasteiger partial charge on any atom is 0.283 e. The van der Waals surface area contributed by atoms with Crippen molar-refractivity contribution < 1.29 is 18.9 Å². The van der Waals surface area contributed by atoms with E-state index < -0.39 is 5.54 Å². The van der Waals surface area contributed by atoms with Crippen LogP contribution in [-0.2, 0) is 15.0 Å². The van der Waals surface area contributed by atoms with Gasteiger partial charge in [-0.2, -0.15) is 0 Å². The minimum Gasteiger partial charge on any atom is -0.497 e. The molecule has 1 spiro atoms. The van der Waals surface area contributed by atoms with Gasteiger partial charge in [0.15, 0.2) is 0 Å². The summed E-state index contributed by atoms with van der Waals surface area (Å²) >= 11 is 0. The fourth-order valence-corrected chi connectivity index (χ4v) is 3.86. The Balaban J connectivity index is 1.93. The number of hydrogen-bond donors (Lipinski definition) is 1. The predicted octanol–water partition coefficient (Wildman–Crippen LogP) is 1.42. The number of amidine groups is 1. The van der Waals surface area contributed by atoms with Gasteiger partial charge in [0, 0.05) is 12.0 Å². The zero-order valence-corrected chi connectivity index (χ0v) is 12.8. The fourth-order valence-electron chi connectivity index (χ4n) is 3.86. The highest BCUT2D eigenvalue weighted by molar-refractivity contribution is 5.75. The van der Waals surface area contributed by atoms with E-state index in [0.717, 1.165) is 23.5 Å². The molecular weight excluding hydrogens is 284 g/mol. The first kappa shape index (κ1) is 13.7. The van der Waals surface area contributed by atoms with Crippen molar-refractivity contribution in [2.75, 3.05) is 26.9 Å². The zero-order valence-electron chi connectivity index (χ0n) is 12.8. The molecule has 1 aromatic rings. The van der Waals surface area contributed by atoms with E-state index in [-0.39, 0.29) is 17.5 Å². The van der Waals surface area contributed by atoms with Crippen LogP contribution in [0.4, 0.5) is 0 Å². The van der Waals surface area contributed by atoms with Gasteiger partial charge in [-0.25, -0.2) is 4.99 Å². The number of benzene rings is 1. The lowest BCUT2D eigenvalue weighted by molar-refractivity contribution is -0.129. The third kappa shape index (κ3) is 1.73. The average Bonchev–Trinajstić information content (AvgIpc) is 2.89. The Labute approximate surface area is 129 Å². The molecule has 4 rings (SSSR count). The number of ether oxygens (including phenoxy) is 4. The molecule has 22 heavy (non-hydrogen) atoms. The summed E-state index contributed by atoms with van der Waals surface area (Å²) in [4.78, 5) is 4.68. The van der Waals surface area contributed by atoms with Gasteiger partial charge in [-0.05, 0) is 25.1 Å². The summed E-state index contributed by atoms with van der Waals surface area (Å²) in [6, 6.07) is 6.04. The van der Waals surface area contributed by atoms with Crippen LogP contribution in [0.25, 0.3) is 0 Å². The SMILES string of the molecule is COc1ccc2c(c1)C1(COC(N)=N1)C1COCCC1(C)O2. The van der Waals surface area contributed by atoms with Gasteiger partial charge in [-0.15, -0.1) is 0 Å². The van der Waals surface area contributed by atoms with Gasteiger partial charge in [-0.1, -0.05) is 0 Å². The number of aliphatic imine (C=N–C) groups is 1. The third-order valence-corrected chi connectivity index (χ3v) is 5.09. The second kappa shape index (κ2) is 4.52. The second-order valence-electron chi connectivity index (χ2n) is 6.32. The first-order chi connectivity index (χ1) is 10.6. The lowest BCUT2D eigenvalue weighted by atomic mass is 9.67. The van der Waals surface area contributed by atoms with Crippen LogP contribution in [0.2, 0.25) is 0 Å². The van der Waals surface area contributed by atoms with Crippen LogP contribution in [0.1, 0.15) is 18.9 Å². The maximum atomic E-state index is 6.34. The number of rotatable bonds is 1. The van der Waals surface area contributed by atoms with Crippen LogP contribution in [0.3, 0.4) is 0 Å². The quantitative estimate of drug-likeness (QED) is 0.849. The topological polar surface area (TPSA) is 75.3 Å². The van der Waals surface area contributed by atoms with Crippen molar-refractivity contribution in [1.29, 1.82) is 0 Å². The van der Waals surface area contributed by atoms with Crippen molar-refractivity contribution in [2.24, 2.45) is 16.6 Å². The number of hydrogen-bond acceptors (Lipinski definition) is 6. The molecule has 3 unspecified atom stereocenters. The van der Waals surface area contributed by atoms with Crippen molar-refractivity contribution in [3.05, 3.63) is 23.8 Å². The Bertz CT molecular complexity index is 647. The summed E-state index contributed by atoms with van der Waals surface area (Å²) < 4.78 is 23.0. The molecule has 118 valence electrons. The summed E-state index contributed by atoms with van der Waals surface area (Å²) in [7, 11) is 1.65. The minimum atomic E-state index is -0.568. The van der Waals surface area contributed by atoms with E-state index in [1.807, 2.05) is 18.2 Å². The Hall–Kier alpha value is -1.95. The molecule has 0 radical (unpaired) electrons. The molecule has 6 nitrogen and oxygen atoms in total. The molecule has 3 atom stereocenters. The van der Waals surface area contributed by atoms with Crippen molar-refractivity contribution in [1.82, 2.24) is 0 Å². The van der Waals surface area contributed by atoms with E-state index in [0.29, 0.717) is 19.8 Å². The van der Waals surface area contributed by atoms with Gasteiger partial charge in [-0.3, -0.25) is 0 Å². The van der Waals surface area contributed by atoms with Gasteiger partial charge in [0.25, 0.3) is 6.02 Å². The lowest BCUT2D eigenvalue weighted by Crippen LogP contribution is -2.59. The van der Waals surface area contributed by atoms with Crippen molar-refractivity contribution >= 4 is 6.02 Å². The largest absolute Gasteiger partial charge is 0.497 e. The summed E-state index contributed by atoms with van der Waals surface area (Å²) in [6.07, 6.45) is 0.820. The van der Waals surface area contributed by atoms with Gasteiger partial charge in [0.05, 0.1) is 26.2 Å². The Kier molecular flexibility index (Phi) is 2.81. The van der Waals surface area contributed by atoms with E-state index in [1.165, 1.54) is 0 Å². The Morgan fingerprint density at radius 1 is 1.41 bits per heavy atom. The molecular formula is C16H20N2O4. The van der Waals surface area contributed by atoms with Crippen molar-refractivity contribution in [2.45, 2.75) is 24.5 Å². The standard InChI is InChI=1S/C16H20N2O4/c1-15-5-6-20-8-13(15)16(9-21-14(17)18-16)11-7-10(19-2)3-4-12(11)22-15/h3-4,7,13H,5-6,8-9H2,1-2H3,(H2,17,18).